The zero-order valence-corrected chi connectivity index (χ0v) is 20.5. The summed E-state index contributed by atoms with van der Waals surface area (Å²) >= 11 is 0. The van der Waals surface area contributed by atoms with E-state index in [1.54, 1.807) is 12.1 Å². The first-order valence-electron chi connectivity index (χ1n) is 11.5. The van der Waals surface area contributed by atoms with Crippen molar-refractivity contribution in [2.75, 3.05) is 20.3 Å². The van der Waals surface area contributed by atoms with E-state index in [2.05, 4.69) is 59.7 Å². The highest BCUT2D eigenvalue weighted by Crippen LogP contribution is 2.49. The fourth-order valence-electron chi connectivity index (χ4n) is 4.91. The fourth-order valence-corrected chi connectivity index (χ4v) is 4.91. The molecule has 4 heteroatoms. The molecule has 0 radical (unpaired) electrons. The number of esters is 1. The predicted molar refractivity (Wildman–Crippen MR) is 126 cm³/mol. The molecule has 0 unspecified atom stereocenters. The van der Waals surface area contributed by atoms with Crippen LogP contribution in [0.2, 0.25) is 0 Å². The molecule has 4 rings (SSSR count). The molecule has 1 heterocycles. The van der Waals surface area contributed by atoms with Gasteiger partial charge in [-0.2, -0.15) is 0 Å². The monoisotopic (exact) mass is 436 g/mol. The normalized spacial score (nSPS) is 22.6. The maximum Gasteiger partial charge on any atom is 0.337 e. The lowest BCUT2D eigenvalue weighted by molar-refractivity contribution is -0.284. The smallest absolute Gasteiger partial charge is 0.337 e. The summed E-state index contributed by atoms with van der Waals surface area (Å²) in [4.78, 5) is 11.9. The number of ether oxygens (including phenoxy) is 3. The van der Waals surface area contributed by atoms with Crippen molar-refractivity contribution in [1.29, 1.82) is 0 Å². The number of hydrogen-bond donors (Lipinski definition) is 0. The van der Waals surface area contributed by atoms with Gasteiger partial charge in [-0.15, -0.1) is 0 Å². The molecule has 4 nitrogen and oxygen atoms in total. The Morgan fingerprint density at radius 3 is 1.88 bits per heavy atom. The van der Waals surface area contributed by atoms with Crippen LogP contribution in [0.3, 0.4) is 0 Å². The first kappa shape index (κ1) is 23.0. The lowest BCUT2D eigenvalue weighted by Gasteiger charge is -2.46. The molecule has 0 N–H and O–H groups in total. The minimum atomic E-state index is -1.00. The van der Waals surface area contributed by atoms with Crippen molar-refractivity contribution in [1.82, 2.24) is 0 Å². The van der Waals surface area contributed by atoms with Crippen LogP contribution in [0.1, 0.15) is 87.0 Å². The molecule has 1 fully saturated rings. The first-order chi connectivity index (χ1) is 14.9. The molecule has 1 saturated heterocycles. The number of hydrogen-bond acceptors (Lipinski definition) is 4. The number of methoxy groups -OCH3 is 1. The summed E-state index contributed by atoms with van der Waals surface area (Å²) in [5, 5.41) is 0. The topological polar surface area (TPSA) is 44.8 Å². The molecule has 1 aliphatic carbocycles. The second-order valence-electron chi connectivity index (χ2n) is 11.5. The first-order valence-corrected chi connectivity index (χ1v) is 11.5. The Bertz CT molecular complexity index is 1000. The Hall–Kier alpha value is -2.17. The van der Waals surface area contributed by atoms with Crippen LogP contribution in [0.4, 0.5) is 0 Å². The molecule has 2 aliphatic rings. The van der Waals surface area contributed by atoms with Crippen LogP contribution >= 0.6 is 0 Å². The Labute approximate surface area is 192 Å². The fraction of sp³-hybridized carbons (Fsp3) is 0.536. The number of carbonyl (C=O) groups is 1. The number of rotatable bonds is 3. The van der Waals surface area contributed by atoms with Gasteiger partial charge in [0.15, 0.2) is 0 Å². The van der Waals surface area contributed by atoms with Crippen LogP contribution in [0.5, 0.6) is 0 Å². The minimum absolute atomic E-state index is 0.0646. The largest absolute Gasteiger partial charge is 0.465 e. The van der Waals surface area contributed by atoms with Gasteiger partial charge in [0.25, 0.3) is 0 Å². The molecule has 0 saturated carbocycles. The van der Waals surface area contributed by atoms with Crippen molar-refractivity contribution in [3.8, 4) is 0 Å². The van der Waals surface area contributed by atoms with Gasteiger partial charge in [-0.1, -0.05) is 65.8 Å². The molecule has 0 bridgehead atoms. The summed E-state index contributed by atoms with van der Waals surface area (Å²) in [6.07, 6.45) is 2.32. The Morgan fingerprint density at radius 1 is 0.781 bits per heavy atom. The van der Waals surface area contributed by atoms with E-state index >= 15 is 0 Å². The quantitative estimate of drug-likeness (QED) is 0.546. The van der Waals surface area contributed by atoms with Crippen LogP contribution < -0.4 is 0 Å². The molecule has 32 heavy (non-hydrogen) atoms. The molecule has 1 aliphatic heterocycles. The summed E-state index contributed by atoms with van der Waals surface area (Å²) < 4.78 is 18.0. The molecule has 172 valence electrons. The second kappa shape index (κ2) is 7.71. The van der Waals surface area contributed by atoms with E-state index in [1.165, 1.54) is 24.7 Å². The Morgan fingerprint density at radius 2 is 1.31 bits per heavy atom. The van der Waals surface area contributed by atoms with Crippen LogP contribution in [0, 0.1) is 5.41 Å². The van der Waals surface area contributed by atoms with Crippen molar-refractivity contribution in [3.63, 3.8) is 0 Å². The predicted octanol–water partition coefficient (Wildman–Crippen LogP) is 6.10. The highest BCUT2D eigenvalue weighted by atomic mass is 16.7. The van der Waals surface area contributed by atoms with Gasteiger partial charge in [-0.3, -0.25) is 0 Å². The Balaban J connectivity index is 1.84. The average molecular weight is 437 g/mol. The van der Waals surface area contributed by atoms with E-state index in [9.17, 15) is 4.79 Å². The van der Waals surface area contributed by atoms with E-state index in [4.69, 9.17) is 14.2 Å². The lowest BCUT2D eigenvalue weighted by atomic mass is 9.62. The number of fused-ring (bicyclic) bond motifs is 1. The molecular formula is C28H36O4. The standard InChI is InChI=1S/C28H36O4/c1-25(2)17-31-28(32-18-25,20-10-8-19(9-11-20)24(29)30-7)21-12-13-22-23(16-21)27(5,6)15-14-26(22,3)4/h8-13,16H,14-15,17-18H2,1-7H3. The van der Waals surface area contributed by atoms with Gasteiger partial charge in [-0.25, -0.2) is 4.79 Å². The van der Waals surface area contributed by atoms with Crippen LogP contribution in [-0.4, -0.2) is 26.3 Å². The minimum Gasteiger partial charge on any atom is -0.465 e. The molecular weight excluding hydrogens is 400 g/mol. The maximum atomic E-state index is 11.9. The zero-order chi connectivity index (χ0) is 23.4. The second-order valence-corrected chi connectivity index (χ2v) is 11.5. The van der Waals surface area contributed by atoms with Crippen molar-refractivity contribution in [3.05, 3.63) is 70.3 Å². The molecule has 2 aromatic rings. The maximum absolute atomic E-state index is 11.9. The number of carbonyl (C=O) groups excluding carboxylic acids is 1. The van der Waals surface area contributed by atoms with Gasteiger partial charge >= 0.3 is 5.97 Å². The van der Waals surface area contributed by atoms with Crippen molar-refractivity contribution >= 4 is 5.97 Å². The molecule has 0 amide bonds. The third-order valence-corrected chi connectivity index (χ3v) is 7.25. The van der Waals surface area contributed by atoms with Crippen LogP contribution in [0.25, 0.3) is 0 Å². The van der Waals surface area contributed by atoms with Crippen LogP contribution in [0.15, 0.2) is 42.5 Å². The summed E-state index contributed by atoms with van der Waals surface area (Å²) in [7, 11) is 1.39. The van der Waals surface area contributed by atoms with Gasteiger partial charge in [0, 0.05) is 16.5 Å². The molecule has 0 atom stereocenters. The highest BCUT2D eigenvalue weighted by Gasteiger charge is 2.45. The summed E-state index contributed by atoms with van der Waals surface area (Å²) in [5.74, 6) is -1.35. The van der Waals surface area contributed by atoms with E-state index in [-0.39, 0.29) is 22.2 Å². The highest BCUT2D eigenvalue weighted by molar-refractivity contribution is 5.89. The summed E-state index contributed by atoms with van der Waals surface area (Å²) in [6.45, 7) is 14.8. The van der Waals surface area contributed by atoms with Gasteiger partial charge in [-0.05, 0) is 53.0 Å². The van der Waals surface area contributed by atoms with Gasteiger partial charge in [0.1, 0.15) is 0 Å². The van der Waals surface area contributed by atoms with Gasteiger partial charge in [0.05, 0.1) is 25.9 Å². The third-order valence-electron chi connectivity index (χ3n) is 7.25. The average Bonchev–Trinajstić information content (AvgIpc) is 2.77. The van der Waals surface area contributed by atoms with E-state index in [0.29, 0.717) is 18.8 Å². The number of benzene rings is 2. The van der Waals surface area contributed by atoms with Crippen molar-refractivity contribution < 1.29 is 19.0 Å². The van der Waals surface area contributed by atoms with Crippen molar-refractivity contribution in [2.24, 2.45) is 5.41 Å². The van der Waals surface area contributed by atoms with E-state index in [0.717, 1.165) is 17.5 Å². The van der Waals surface area contributed by atoms with Gasteiger partial charge in [0.2, 0.25) is 5.79 Å². The summed E-state index contributed by atoms with van der Waals surface area (Å²) in [6, 6.07) is 14.1. The molecule has 0 aromatic heterocycles. The Kier molecular flexibility index (Phi) is 5.54. The van der Waals surface area contributed by atoms with Crippen LogP contribution in [-0.2, 0) is 30.8 Å². The van der Waals surface area contributed by atoms with E-state index in [1.807, 2.05) is 12.1 Å². The summed E-state index contributed by atoms with van der Waals surface area (Å²) in [5.41, 5.74) is 5.34. The van der Waals surface area contributed by atoms with Crippen molar-refractivity contribution in [2.45, 2.75) is 71.0 Å². The molecule has 0 spiro atoms. The molecule has 2 aromatic carbocycles. The van der Waals surface area contributed by atoms with E-state index < -0.39 is 5.79 Å². The third kappa shape index (κ3) is 3.88. The van der Waals surface area contributed by atoms with Gasteiger partial charge < -0.3 is 14.2 Å². The zero-order valence-electron chi connectivity index (χ0n) is 20.5. The lowest BCUT2D eigenvalue weighted by Crippen LogP contribution is -2.46. The SMILES string of the molecule is COC(=O)c1ccc(C2(c3ccc4c(c3)C(C)(C)CCC4(C)C)OCC(C)(C)CO2)cc1.